The maximum Gasteiger partial charge on any atom is 0.238 e. The standard InChI is InChI=1S/C24H32N4O2/c1-19-14-22(16-25-15-19)26-24(30)18-27-12-8-4-3-5-9-13-28(20(2)29)23-11-7-6-10-21(23)17-27/h6-7,10-11,14-16H,3-5,8-9,12-13,17-18H2,1-2H3,(H,26,30). The zero-order valence-electron chi connectivity index (χ0n) is 18.1. The fourth-order valence-corrected chi connectivity index (χ4v) is 3.97. The molecule has 160 valence electrons. The molecule has 0 unspecified atom stereocenters. The summed E-state index contributed by atoms with van der Waals surface area (Å²) >= 11 is 0. The van der Waals surface area contributed by atoms with E-state index in [-0.39, 0.29) is 11.8 Å². The van der Waals surface area contributed by atoms with Gasteiger partial charge in [-0.2, -0.15) is 0 Å². The number of carbonyl (C=O) groups excluding carboxylic acids is 2. The minimum absolute atomic E-state index is 0.0459. The van der Waals surface area contributed by atoms with Crippen molar-refractivity contribution in [1.29, 1.82) is 0 Å². The van der Waals surface area contributed by atoms with Gasteiger partial charge in [0.1, 0.15) is 0 Å². The molecular weight excluding hydrogens is 376 g/mol. The molecule has 2 aromatic rings. The van der Waals surface area contributed by atoms with Crippen molar-refractivity contribution in [2.45, 2.75) is 52.5 Å². The molecule has 1 aliphatic heterocycles. The molecule has 0 aliphatic carbocycles. The highest BCUT2D eigenvalue weighted by Gasteiger charge is 2.19. The van der Waals surface area contributed by atoms with Crippen LogP contribution < -0.4 is 10.2 Å². The van der Waals surface area contributed by atoms with Gasteiger partial charge in [-0.3, -0.25) is 19.5 Å². The lowest BCUT2D eigenvalue weighted by Crippen LogP contribution is -2.35. The minimum Gasteiger partial charge on any atom is -0.324 e. The topological polar surface area (TPSA) is 65.5 Å². The Kier molecular flexibility index (Phi) is 7.97. The zero-order chi connectivity index (χ0) is 21.3. The third-order valence-electron chi connectivity index (χ3n) is 5.44. The Morgan fingerprint density at radius 2 is 1.77 bits per heavy atom. The van der Waals surface area contributed by atoms with E-state index in [1.807, 2.05) is 36.1 Å². The van der Waals surface area contributed by atoms with Crippen molar-refractivity contribution >= 4 is 23.2 Å². The highest BCUT2D eigenvalue weighted by molar-refractivity contribution is 5.93. The van der Waals surface area contributed by atoms with Crippen LogP contribution in [0.15, 0.2) is 42.7 Å². The van der Waals surface area contributed by atoms with E-state index in [1.54, 1.807) is 19.3 Å². The average molecular weight is 409 g/mol. The average Bonchev–Trinajstić information content (AvgIpc) is 2.69. The Morgan fingerprint density at radius 1 is 1.03 bits per heavy atom. The number of hydrogen-bond donors (Lipinski definition) is 1. The van der Waals surface area contributed by atoms with Crippen molar-refractivity contribution in [2.24, 2.45) is 0 Å². The first kappa shape index (κ1) is 22.0. The number of fused-ring (bicyclic) bond motifs is 1. The summed E-state index contributed by atoms with van der Waals surface area (Å²) in [7, 11) is 0. The molecular formula is C24H32N4O2. The third kappa shape index (κ3) is 6.39. The Labute approximate surface area is 179 Å². The van der Waals surface area contributed by atoms with Crippen molar-refractivity contribution in [3.05, 3.63) is 53.9 Å². The second-order valence-electron chi connectivity index (χ2n) is 8.08. The molecule has 1 aliphatic rings. The smallest absolute Gasteiger partial charge is 0.238 e. The van der Waals surface area contributed by atoms with Crippen LogP contribution in [-0.4, -0.2) is 41.3 Å². The molecule has 2 heterocycles. The summed E-state index contributed by atoms with van der Waals surface area (Å²) in [4.78, 5) is 33.2. The van der Waals surface area contributed by atoms with Crippen LogP contribution in [0.4, 0.5) is 11.4 Å². The van der Waals surface area contributed by atoms with Gasteiger partial charge in [0.2, 0.25) is 11.8 Å². The molecule has 0 atom stereocenters. The van der Waals surface area contributed by atoms with Gasteiger partial charge in [0.05, 0.1) is 18.4 Å². The van der Waals surface area contributed by atoms with E-state index in [4.69, 9.17) is 0 Å². The first-order chi connectivity index (χ1) is 14.5. The summed E-state index contributed by atoms with van der Waals surface area (Å²) in [6.07, 6.45) is 8.93. The fourth-order valence-electron chi connectivity index (χ4n) is 3.97. The molecule has 0 saturated carbocycles. The molecule has 3 rings (SSSR count). The van der Waals surface area contributed by atoms with E-state index >= 15 is 0 Å². The van der Waals surface area contributed by atoms with E-state index in [2.05, 4.69) is 21.3 Å². The van der Waals surface area contributed by atoms with Crippen molar-refractivity contribution in [2.75, 3.05) is 29.9 Å². The summed E-state index contributed by atoms with van der Waals surface area (Å²) < 4.78 is 0. The van der Waals surface area contributed by atoms with Crippen molar-refractivity contribution < 1.29 is 9.59 Å². The van der Waals surface area contributed by atoms with Gasteiger partial charge in [-0.15, -0.1) is 0 Å². The van der Waals surface area contributed by atoms with E-state index in [9.17, 15) is 9.59 Å². The molecule has 1 aromatic heterocycles. The number of amides is 2. The minimum atomic E-state index is -0.0459. The largest absolute Gasteiger partial charge is 0.324 e. The molecule has 0 spiro atoms. The molecule has 0 radical (unpaired) electrons. The number of nitrogens with one attached hydrogen (secondary N) is 1. The monoisotopic (exact) mass is 408 g/mol. The molecule has 0 saturated heterocycles. The number of benzene rings is 1. The number of rotatable bonds is 3. The third-order valence-corrected chi connectivity index (χ3v) is 5.44. The van der Waals surface area contributed by atoms with Crippen molar-refractivity contribution in [3.63, 3.8) is 0 Å². The van der Waals surface area contributed by atoms with E-state index in [0.29, 0.717) is 13.1 Å². The Hall–Kier alpha value is -2.73. The number of para-hydroxylation sites is 1. The lowest BCUT2D eigenvalue weighted by Gasteiger charge is -2.28. The SMILES string of the molecule is CC(=O)N1CCCCCCCN(CC(=O)Nc2cncc(C)c2)Cc2ccccc21. The predicted molar refractivity (Wildman–Crippen MR) is 120 cm³/mol. The summed E-state index contributed by atoms with van der Waals surface area (Å²) in [6, 6.07) is 9.97. The number of aryl methyl sites for hydroxylation is 1. The second kappa shape index (κ2) is 10.9. The quantitative estimate of drug-likeness (QED) is 0.829. The first-order valence-electron chi connectivity index (χ1n) is 10.8. The number of carbonyl (C=O) groups is 2. The van der Waals surface area contributed by atoms with Crippen LogP contribution in [0.5, 0.6) is 0 Å². The number of nitrogens with zero attached hydrogens (tertiary/aromatic N) is 3. The van der Waals surface area contributed by atoms with E-state index in [1.165, 1.54) is 0 Å². The van der Waals surface area contributed by atoms with Gasteiger partial charge in [-0.05, 0) is 49.6 Å². The lowest BCUT2D eigenvalue weighted by atomic mass is 10.1. The zero-order valence-corrected chi connectivity index (χ0v) is 18.1. The molecule has 1 N–H and O–H groups in total. The highest BCUT2D eigenvalue weighted by Crippen LogP contribution is 2.24. The van der Waals surface area contributed by atoms with Gasteiger partial charge >= 0.3 is 0 Å². The van der Waals surface area contributed by atoms with Gasteiger partial charge in [0.25, 0.3) is 0 Å². The van der Waals surface area contributed by atoms with Crippen LogP contribution in [-0.2, 0) is 16.1 Å². The molecule has 0 bridgehead atoms. The van der Waals surface area contributed by atoms with Crippen molar-refractivity contribution in [3.8, 4) is 0 Å². The number of anilines is 2. The molecule has 30 heavy (non-hydrogen) atoms. The molecule has 1 aromatic carbocycles. The maximum absolute atomic E-state index is 12.7. The van der Waals surface area contributed by atoms with Crippen molar-refractivity contribution in [1.82, 2.24) is 9.88 Å². The van der Waals surface area contributed by atoms with Crippen LogP contribution in [0.25, 0.3) is 0 Å². The number of hydrogen-bond acceptors (Lipinski definition) is 4. The number of aromatic nitrogens is 1. The van der Waals surface area contributed by atoms with Gasteiger partial charge in [-0.1, -0.05) is 37.5 Å². The second-order valence-corrected chi connectivity index (χ2v) is 8.08. The molecule has 0 fully saturated rings. The molecule has 2 amide bonds. The molecule has 6 heteroatoms. The van der Waals surface area contributed by atoms with E-state index < -0.39 is 0 Å². The summed E-state index contributed by atoms with van der Waals surface area (Å²) in [6.45, 7) is 6.13. The molecule has 6 nitrogen and oxygen atoms in total. The Morgan fingerprint density at radius 3 is 2.53 bits per heavy atom. The van der Waals surface area contributed by atoms with Gasteiger partial charge in [0, 0.05) is 31.9 Å². The van der Waals surface area contributed by atoms with Crippen LogP contribution in [0, 0.1) is 6.92 Å². The van der Waals surface area contributed by atoms with Crippen LogP contribution in [0.3, 0.4) is 0 Å². The predicted octanol–water partition coefficient (Wildman–Crippen LogP) is 4.15. The summed E-state index contributed by atoms with van der Waals surface area (Å²) in [5, 5.41) is 2.96. The van der Waals surface area contributed by atoms with Crippen LogP contribution >= 0.6 is 0 Å². The summed E-state index contributed by atoms with van der Waals surface area (Å²) in [5.74, 6) is 0.0196. The highest BCUT2D eigenvalue weighted by atomic mass is 16.2. The Balaban J connectivity index is 1.77. The number of pyridine rings is 1. The maximum atomic E-state index is 12.7. The van der Waals surface area contributed by atoms with Crippen LogP contribution in [0.2, 0.25) is 0 Å². The summed E-state index contributed by atoms with van der Waals surface area (Å²) in [5.41, 5.74) is 3.77. The van der Waals surface area contributed by atoms with Crippen LogP contribution in [0.1, 0.15) is 50.2 Å². The fraction of sp³-hybridized carbons (Fsp3) is 0.458. The Bertz CT molecular complexity index is 868. The van der Waals surface area contributed by atoms with Gasteiger partial charge in [0.15, 0.2) is 0 Å². The van der Waals surface area contributed by atoms with Gasteiger partial charge in [-0.25, -0.2) is 0 Å². The first-order valence-corrected chi connectivity index (χ1v) is 10.8. The normalized spacial score (nSPS) is 16.1. The lowest BCUT2D eigenvalue weighted by molar-refractivity contribution is -0.118. The van der Waals surface area contributed by atoms with Gasteiger partial charge < -0.3 is 10.2 Å². The van der Waals surface area contributed by atoms with E-state index in [0.717, 1.165) is 67.7 Å².